The SMILES string of the molecule is CCSc1cc(C)ncc1N. The van der Waals surface area contributed by atoms with Gasteiger partial charge >= 0.3 is 0 Å². The van der Waals surface area contributed by atoms with Gasteiger partial charge in [-0.25, -0.2) is 0 Å². The lowest BCUT2D eigenvalue weighted by atomic mass is 10.3. The van der Waals surface area contributed by atoms with Crippen LogP contribution in [-0.2, 0) is 0 Å². The molecule has 0 amide bonds. The molecule has 60 valence electrons. The van der Waals surface area contributed by atoms with Gasteiger partial charge in [0.1, 0.15) is 0 Å². The number of hydrogen-bond donors (Lipinski definition) is 1. The molecule has 0 aromatic carbocycles. The van der Waals surface area contributed by atoms with E-state index in [4.69, 9.17) is 5.73 Å². The molecule has 0 atom stereocenters. The lowest BCUT2D eigenvalue weighted by molar-refractivity contribution is 1.16. The highest BCUT2D eigenvalue weighted by atomic mass is 32.2. The van der Waals surface area contributed by atoms with Crippen LogP contribution in [0, 0.1) is 6.92 Å². The number of anilines is 1. The first-order valence-corrected chi connectivity index (χ1v) is 4.57. The predicted molar refractivity (Wildman–Crippen MR) is 49.8 cm³/mol. The zero-order valence-electron chi connectivity index (χ0n) is 6.79. The molecule has 0 aliphatic carbocycles. The van der Waals surface area contributed by atoms with Crippen LogP contribution < -0.4 is 5.73 Å². The largest absolute Gasteiger partial charge is 0.397 e. The van der Waals surface area contributed by atoms with Gasteiger partial charge in [-0.2, -0.15) is 0 Å². The number of hydrogen-bond acceptors (Lipinski definition) is 3. The van der Waals surface area contributed by atoms with Crippen LogP contribution in [0.2, 0.25) is 0 Å². The van der Waals surface area contributed by atoms with Gasteiger partial charge in [-0.3, -0.25) is 4.98 Å². The fraction of sp³-hybridized carbons (Fsp3) is 0.375. The molecule has 0 spiro atoms. The lowest BCUT2D eigenvalue weighted by Gasteiger charge is -2.02. The van der Waals surface area contributed by atoms with Gasteiger partial charge in [-0.1, -0.05) is 6.92 Å². The fourth-order valence-corrected chi connectivity index (χ4v) is 1.61. The Hall–Kier alpha value is -0.700. The van der Waals surface area contributed by atoms with Crippen molar-refractivity contribution >= 4 is 17.4 Å². The Labute approximate surface area is 71.2 Å². The molecule has 1 heterocycles. The maximum Gasteiger partial charge on any atom is 0.0638 e. The minimum atomic E-state index is 0.780. The van der Waals surface area contributed by atoms with E-state index in [2.05, 4.69) is 11.9 Å². The third-order valence-corrected chi connectivity index (χ3v) is 2.28. The summed E-state index contributed by atoms with van der Waals surface area (Å²) in [5, 5.41) is 0. The summed E-state index contributed by atoms with van der Waals surface area (Å²) in [6.45, 7) is 4.08. The molecule has 2 N–H and O–H groups in total. The van der Waals surface area contributed by atoms with Crippen LogP contribution in [-0.4, -0.2) is 10.7 Å². The molecule has 0 saturated carbocycles. The molecule has 11 heavy (non-hydrogen) atoms. The van der Waals surface area contributed by atoms with Crippen molar-refractivity contribution in [2.24, 2.45) is 0 Å². The van der Waals surface area contributed by atoms with Gasteiger partial charge in [0.05, 0.1) is 11.9 Å². The van der Waals surface area contributed by atoms with Crippen molar-refractivity contribution in [1.82, 2.24) is 4.98 Å². The molecule has 0 unspecified atom stereocenters. The molecular formula is C8H12N2S. The van der Waals surface area contributed by atoms with Crippen molar-refractivity contribution in [3.05, 3.63) is 18.0 Å². The lowest BCUT2D eigenvalue weighted by Crippen LogP contribution is -1.91. The van der Waals surface area contributed by atoms with Crippen molar-refractivity contribution in [2.45, 2.75) is 18.7 Å². The van der Waals surface area contributed by atoms with Crippen molar-refractivity contribution in [3.8, 4) is 0 Å². The number of pyridine rings is 1. The monoisotopic (exact) mass is 168 g/mol. The summed E-state index contributed by atoms with van der Waals surface area (Å²) in [5.74, 6) is 1.05. The van der Waals surface area contributed by atoms with Crippen LogP contribution in [0.15, 0.2) is 17.2 Å². The van der Waals surface area contributed by atoms with Gasteiger partial charge in [0.15, 0.2) is 0 Å². The Bertz CT molecular complexity index is 248. The van der Waals surface area contributed by atoms with E-state index in [0.29, 0.717) is 0 Å². The molecule has 1 rings (SSSR count). The summed E-state index contributed by atoms with van der Waals surface area (Å²) in [5.41, 5.74) is 7.50. The van der Waals surface area contributed by atoms with E-state index in [1.807, 2.05) is 13.0 Å². The van der Waals surface area contributed by atoms with E-state index in [-0.39, 0.29) is 0 Å². The quantitative estimate of drug-likeness (QED) is 0.687. The van der Waals surface area contributed by atoms with Crippen molar-refractivity contribution in [3.63, 3.8) is 0 Å². The molecule has 0 aliphatic heterocycles. The zero-order chi connectivity index (χ0) is 8.27. The standard InChI is InChI=1S/C8H12N2S/c1-3-11-8-4-6(2)10-5-7(8)9/h4-5H,3,9H2,1-2H3. The minimum absolute atomic E-state index is 0.780. The number of aromatic nitrogens is 1. The molecule has 0 saturated heterocycles. The van der Waals surface area contributed by atoms with Crippen LogP contribution in [0.25, 0.3) is 0 Å². The molecule has 0 fully saturated rings. The zero-order valence-corrected chi connectivity index (χ0v) is 7.61. The average Bonchev–Trinajstić information content (AvgIpc) is 1.98. The summed E-state index contributed by atoms with van der Waals surface area (Å²) in [4.78, 5) is 5.22. The maximum absolute atomic E-state index is 5.69. The van der Waals surface area contributed by atoms with Crippen LogP contribution in [0.5, 0.6) is 0 Å². The Morgan fingerprint density at radius 1 is 1.64 bits per heavy atom. The van der Waals surface area contributed by atoms with E-state index < -0.39 is 0 Å². The number of nitrogens with two attached hydrogens (primary N) is 1. The van der Waals surface area contributed by atoms with Crippen molar-refractivity contribution < 1.29 is 0 Å². The van der Waals surface area contributed by atoms with Crippen LogP contribution in [0.3, 0.4) is 0 Å². The molecule has 0 bridgehead atoms. The van der Waals surface area contributed by atoms with Gasteiger partial charge in [-0.15, -0.1) is 11.8 Å². The molecule has 1 aromatic rings. The van der Waals surface area contributed by atoms with Gasteiger partial charge in [0.2, 0.25) is 0 Å². The molecule has 2 nitrogen and oxygen atoms in total. The summed E-state index contributed by atoms with van der Waals surface area (Å²) in [6, 6.07) is 2.02. The number of rotatable bonds is 2. The summed E-state index contributed by atoms with van der Waals surface area (Å²) >= 11 is 1.75. The highest BCUT2D eigenvalue weighted by Gasteiger charge is 1.98. The number of thioether (sulfide) groups is 1. The Kier molecular flexibility index (Phi) is 2.76. The van der Waals surface area contributed by atoms with Crippen LogP contribution >= 0.6 is 11.8 Å². The average molecular weight is 168 g/mol. The first-order chi connectivity index (χ1) is 5.24. The summed E-state index contributed by atoms with van der Waals surface area (Å²) < 4.78 is 0. The first kappa shape index (κ1) is 8.40. The molecule has 0 aliphatic rings. The fourth-order valence-electron chi connectivity index (χ4n) is 0.826. The van der Waals surface area contributed by atoms with Crippen molar-refractivity contribution in [1.29, 1.82) is 0 Å². The van der Waals surface area contributed by atoms with Gasteiger partial charge in [0, 0.05) is 10.6 Å². The van der Waals surface area contributed by atoms with E-state index >= 15 is 0 Å². The van der Waals surface area contributed by atoms with E-state index in [9.17, 15) is 0 Å². The predicted octanol–water partition coefficient (Wildman–Crippen LogP) is 2.08. The molecule has 0 radical (unpaired) electrons. The third kappa shape index (κ3) is 2.12. The smallest absolute Gasteiger partial charge is 0.0638 e. The normalized spacial score (nSPS) is 10.0. The second-order valence-electron chi connectivity index (χ2n) is 2.30. The first-order valence-electron chi connectivity index (χ1n) is 3.59. The molecular weight excluding hydrogens is 156 g/mol. The van der Waals surface area contributed by atoms with Gasteiger partial charge in [0.25, 0.3) is 0 Å². The number of nitrogens with zero attached hydrogens (tertiary/aromatic N) is 1. The maximum atomic E-state index is 5.69. The second-order valence-corrected chi connectivity index (χ2v) is 3.60. The third-order valence-electron chi connectivity index (χ3n) is 1.33. The van der Waals surface area contributed by atoms with E-state index in [1.54, 1.807) is 18.0 Å². The highest BCUT2D eigenvalue weighted by molar-refractivity contribution is 7.99. The topological polar surface area (TPSA) is 38.9 Å². The molecule has 3 heteroatoms. The van der Waals surface area contributed by atoms with Crippen LogP contribution in [0.4, 0.5) is 5.69 Å². The van der Waals surface area contributed by atoms with Gasteiger partial charge < -0.3 is 5.73 Å². The Balaban J connectivity index is 2.93. The summed E-state index contributed by atoms with van der Waals surface area (Å²) in [7, 11) is 0. The highest BCUT2D eigenvalue weighted by Crippen LogP contribution is 2.23. The summed E-state index contributed by atoms with van der Waals surface area (Å²) in [6.07, 6.45) is 1.72. The Morgan fingerprint density at radius 2 is 2.36 bits per heavy atom. The Morgan fingerprint density at radius 3 is 3.00 bits per heavy atom. The van der Waals surface area contributed by atoms with E-state index in [1.165, 1.54) is 0 Å². The van der Waals surface area contributed by atoms with E-state index in [0.717, 1.165) is 22.0 Å². The molecule has 1 aromatic heterocycles. The van der Waals surface area contributed by atoms with Crippen molar-refractivity contribution in [2.75, 3.05) is 11.5 Å². The second kappa shape index (κ2) is 3.62. The van der Waals surface area contributed by atoms with Crippen LogP contribution in [0.1, 0.15) is 12.6 Å². The number of aryl methyl sites for hydroxylation is 1. The number of nitrogen functional groups attached to an aromatic ring is 1. The minimum Gasteiger partial charge on any atom is -0.397 e. The van der Waals surface area contributed by atoms with Gasteiger partial charge in [-0.05, 0) is 18.7 Å².